The van der Waals surface area contributed by atoms with E-state index in [2.05, 4.69) is 25.5 Å². The predicted octanol–water partition coefficient (Wildman–Crippen LogP) is 4.94. The first kappa shape index (κ1) is 31.0. The molecule has 0 fully saturated rings. The van der Waals surface area contributed by atoms with Gasteiger partial charge >= 0.3 is 23.9 Å². The van der Waals surface area contributed by atoms with Crippen LogP contribution < -0.4 is 0 Å². The zero-order valence-electron chi connectivity index (χ0n) is 20.7. The summed E-state index contributed by atoms with van der Waals surface area (Å²) in [5, 5.41) is 19.5. The molecular weight excluding hydrogens is 428 g/mol. The van der Waals surface area contributed by atoms with Gasteiger partial charge in [-0.15, -0.1) is 0 Å². The number of unbranched alkanes of at least 4 members (excludes halogenated alkanes) is 9. The number of ether oxygens (including phenoxy) is 2. The highest BCUT2D eigenvalue weighted by Crippen LogP contribution is 2.19. The monoisotopic (exact) mass is 472 g/mol. The summed E-state index contributed by atoms with van der Waals surface area (Å²) in [5.41, 5.74) is -2.67. The zero-order valence-corrected chi connectivity index (χ0v) is 20.7. The minimum Gasteiger partial charge on any atom is -0.479 e. The van der Waals surface area contributed by atoms with E-state index in [1.54, 1.807) is 0 Å². The van der Waals surface area contributed by atoms with Crippen LogP contribution in [0.15, 0.2) is 0 Å². The lowest BCUT2D eigenvalue weighted by atomic mass is 9.96. The first-order valence-electron chi connectivity index (χ1n) is 12.5. The highest BCUT2D eigenvalue weighted by Gasteiger charge is 2.42. The van der Waals surface area contributed by atoms with Crippen molar-refractivity contribution in [1.82, 2.24) is 0 Å². The minimum atomic E-state index is -2.67. The molecule has 0 bridgehead atoms. The van der Waals surface area contributed by atoms with Crippen LogP contribution in [0.2, 0.25) is 0 Å². The van der Waals surface area contributed by atoms with E-state index in [1.165, 1.54) is 19.3 Å². The Morgan fingerprint density at radius 3 is 1.91 bits per heavy atom. The fraction of sp³-hybridized carbons (Fsp3) is 0.840. The highest BCUT2D eigenvalue weighted by atomic mass is 16.6. The fourth-order valence-electron chi connectivity index (χ4n) is 3.38. The molecule has 0 saturated heterocycles. The summed E-state index contributed by atoms with van der Waals surface area (Å²) >= 11 is 0. The van der Waals surface area contributed by atoms with Gasteiger partial charge in [0, 0.05) is 6.42 Å². The van der Waals surface area contributed by atoms with E-state index in [0.717, 1.165) is 50.9 Å². The van der Waals surface area contributed by atoms with Gasteiger partial charge in [0.15, 0.2) is 5.60 Å². The van der Waals surface area contributed by atoms with E-state index >= 15 is 0 Å². The van der Waals surface area contributed by atoms with Crippen LogP contribution in [0.3, 0.4) is 0 Å². The molecule has 2 N–H and O–H groups in total. The largest absolute Gasteiger partial charge is 0.479 e. The summed E-state index contributed by atoms with van der Waals surface area (Å²) in [6.45, 7) is 6.61. The normalized spacial score (nSPS) is 12.9. The maximum absolute atomic E-state index is 12.0. The molecule has 8 heteroatoms. The lowest BCUT2D eigenvalue weighted by Crippen LogP contribution is -2.43. The molecule has 0 saturated carbocycles. The molecule has 0 aromatic rings. The molecule has 0 aliphatic carbocycles. The number of carbonyl (C=O) groups is 4. The lowest BCUT2D eigenvalue weighted by Gasteiger charge is -2.21. The van der Waals surface area contributed by atoms with Crippen molar-refractivity contribution in [3.8, 4) is 0 Å². The Labute approximate surface area is 198 Å². The third-order valence-corrected chi connectivity index (χ3v) is 5.42. The first-order valence-corrected chi connectivity index (χ1v) is 12.5. The zero-order chi connectivity index (χ0) is 25.1. The van der Waals surface area contributed by atoms with E-state index in [1.807, 2.05) is 0 Å². The number of carboxylic acid groups (broad SMARTS) is 1. The number of aliphatic carboxylic acids is 1. The van der Waals surface area contributed by atoms with Gasteiger partial charge in [-0.05, 0) is 18.8 Å². The highest BCUT2D eigenvalue weighted by molar-refractivity contribution is 5.92. The van der Waals surface area contributed by atoms with Crippen LogP contribution in [0, 0.1) is 5.92 Å². The number of hydrogen-bond donors (Lipinski definition) is 2. The van der Waals surface area contributed by atoms with Gasteiger partial charge in [-0.2, -0.15) is 0 Å². The number of carbonyl (C=O) groups excluding carboxylic acids is 3. The first-order chi connectivity index (χ1) is 15.6. The van der Waals surface area contributed by atoms with Crippen LogP contribution in [0.4, 0.5) is 0 Å². The van der Waals surface area contributed by atoms with Crippen molar-refractivity contribution in [2.75, 3.05) is 6.61 Å². The smallest absolute Gasteiger partial charge is 0.336 e. The molecule has 192 valence electrons. The number of aliphatic hydroxyl groups is 1. The van der Waals surface area contributed by atoms with Gasteiger partial charge in [0.25, 0.3) is 0 Å². The van der Waals surface area contributed by atoms with Crippen molar-refractivity contribution in [1.29, 1.82) is 0 Å². The molecule has 0 aliphatic rings. The van der Waals surface area contributed by atoms with Crippen LogP contribution in [0.25, 0.3) is 0 Å². The topological polar surface area (TPSA) is 127 Å². The molecule has 0 aliphatic heterocycles. The summed E-state index contributed by atoms with van der Waals surface area (Å²) in [7, 11) is 0. The molecule has 0 rings (SSSR count). The molecule has 1 atom stereocenters. The average Bonchev–Trinajstić information content (AvgIpc) is 2.71. The number of rotatable bonds is 20. The third-order valence-electron chi connectivity index (χ3n) is 5.42. The molecule has 0 spiro atoms. The average molecular weight is 473 g/mol. The van der Waals surface area contributed by atoms with Crippen LogP contribution in [0.1, 0.15) is 117 Å². The maximum Gasteiger partial charge on any atom is 0.336 e. The van der Waals surface area contributed by atoms with Gasteiger partial charge in [-0.25, -0.2) is 4.79 Å². The van der Waals surface area contributed by atoms with Gasteiger partial charge < -0.3 is 19.7 Å². The molecule has 0 aromatic heterocycles. The van der Waals surface area contributed by atoms with Gasteiger partial charge in [0.2, 0.25) is 0 Å². The Morgan fingerprint density at radius 2 is 1.30 bits per heavy atom. The van der Waals surface area contributed by atoms with Crippen molar-refractivity contribution >= 4 is 23.9 Å². The number of carboxylic acids is 1. The molecule has 1 unspecified atom stereocenters. The van der Waals surface area contributed by atoms with Crippen molar-refractivity contribution < 1.29 is 38.9 Å². The molecule has 8 nitrogen and oxygen atoms in total. The standard InChI is InChI=1S/C25H44O8/c1-4-5-6-9-13-16-21(26)33-23(28)19-25(31,24(29)30)18-22(27)32-17-14-11-8-7-10-12-15-20(2)3/h20,31H,4-19H2,1-3H3,(H,29,30). The molecule has 33 heavy (non-hydrogen) atoms. The molecule has 0 aromatic carbocycles. The van der Waals surface area contributed by atoms with Crippen molar-refractivity contribution in [2.24, 2.45) is 5.92 Å². The summed E-state index contributed by atoms with van der Waals surface area (Å²) in [6, 6.07) is 0. The molecular formula is C25H44O8. The van der Waals surface area contributed by atoms with E-state index in [-0.39, 0.29) is 13.0 Å². The van der Waals surface area contributed by atoms with Gasteiger partial charge in [0.1, 0.15) is 0 Å². The number of esters is 3. The van der Waals surface area contributed by atoms with Crippen LogP contribution in [-0.2, 0) is 28.7 Å². The van der Waals surface area contributed by atoms with Crippen molar-refractivity contribution in [3.63, 3.8) is 0 Å². The summed E-state index contributed by atoms with van der Waals surface area (Å²) in [6.07, 6.45) is 9.99. The maximum atomic E-state index is 12.0. The van der Waals surface area contributed by atoms with Crippen molar-refractivity contribution in [3.05, 3.63) is 0 Å². The predicted molar refractivity (Wildman–Crippen MR) is 124 cm³/mol. The number of hydrogen-bond acceptors (Lipinski definition) is 7. The van der Waals surface area contributed by atoms with E-state index in [0.29, 0.717) is 12.8 Å². The summed E-state index contributed by atoms with van der Waals surface area (Å²) in [4.78, 5) is 47.0. The second kappa shape index (κ2) is 18.5. The van der Waals surface area contributed by atoms with Gasteiger partial charge in [-0.3, -0.25) is 14.4 Å². The fourth-order valence-corrected chi connectivity index (χ4v) is 3.38. The SMILES string of the molecule is CCCCCCCC(=O)OC(=O)CC(O)(CC(=O)OCCCCCCCCC(C)C)C(=O)O. The van der Waals surface area contributed by atoms with Gasteiger partial charge in [0.05, 0.1) is 19.4 Å². The van der Waals surface area contributed by atoms with Crippen LogP contribution in [-0.4, -0.2) is 46.3 Å². The Kier molecular flexibility index (Phi) is 17.4. The lowest BCUT2D eigenvalue weighted by molar-refractivity contribution is -0.175. The second-order valence-electron chi connectivity index (χ2n) is 9.22. The van der Waals surface area contributed by atoms with E-state index in [4.69, 9.17) is 4.74 Å². The van der Waals surface area contributed by atoms with Gasteiger partial charge in [-0.1, -0.05) is 85.0 Å². The molecule has 0 amide bonds. The Bertz CT molecular complexity index is 587. The van der Waals surface area contributed by atoms with Crippen LogP contribution >= 0.6 is 0 Å². The summed E-state index contributed by atoms with van der Waals surface area (Å²) in [5.74, 6) is -3.88. The third kappa shape index (κ3) is 17.2. The van der Waals surface area contributed by atoms with Crippen LogP contribution in [0.5, 0.6) is 0 Å². The van der Waals surface area contributed by atoms with Crippen molar-refractivity contribution in [2.45, 2.75) is 123 Å². The van der Waals surface area contributed by atoms with E-state index in [9.17, 15) is 29.4 Å². The second-order valence-corrected chi connectivity index (χ2v) is 9.22. The quantitative estimate of drug-likeness (QED) is 0.145. The molecule has 0 heterocycles. The minimum absolute atomic E-state index is 0.0424. The summed E-state index contributed by atoms with van der Waals surface area (Å²) < 4.78 is 9.61. The Morgan fingerprint density at radius 1 is 0.758 bits per heavy atom. The molecule has 0 radical (unpaired) electrons. The Balaban J connectivity index is 4.19. The van der Waals surface area contributed by atoms with E-state index < -0.39 is 42.3 Å². The Hall–Kier alpha value is -1.96.